The highest BCUT2D eigenvalue weighted by molar-refractivity contribution is 7.90. The van der Waals surface area contributed by atoms with Crippen molar-refractivity contribution in [3.05, 3.63) is 11.9 Å². The van der Waals surface area contributed by atoms with E-state index in [1.54, 1.807) is 13.8 Å². The van der Waals surface area contributed by atoms with Gasteiger partial charge in [-0.05, 0) is 40.0 Å². The third-order valence-corrected chi connectivity index (χ3v) is 5.60. The Hall–Kier alpha value is -1.41. The van der Waals surface area contributed by atoms with Crippen molar-refractivity contribution in [3.63, 3.8) is 0 Å². The fraction of sp³-hybridized carbons (Fsp3) is 0.733. The van der Waals surface area contributed by atoms with Crippen molar-refractivity contribution in [2.45, 2.75) is 45.3 Å². The molecular weight excluding hydrogens is 316 g/mol. The molecule has 0 bridgehead atoms. The summed E-state index contributed by atoms with van der Waals surface area (Å²) in [6, 6.07) is 1.83. The first-order chi connectivity index (χ1) is 10.9. The van der Waals surface area contributed by atoms with E-state index in [4.69, 9.17) is 4.74 Å². The smallest absolute Gasteiger partial charge is 0.218 e. The SMILES string of the molecule is Cc1nc(OCCNS(=O)(=O)C(C)C)cc(N2CCCCC2)n1. The van der Waals surface area contributed by atoms with E-state index < -0.39 is 15.3 Å². The van der Waals surface area contributed by atoms with Gasteiger partial charge in [-0.3, -0.25) is 0 Å². The van der Waals surface area contributed by atoms with Crippen molar-refractivity contribution in [1.82, 2.24) is 14.7 Å². The van der Waals surface area contributed by atoms with Crippen LogP contribution in [0, 0.1) is 6.92 Å². The lowest BCUT2D eigenvalue weighted by molar-refractivity contribution is 0.309. The number of aryl methyl sites for hydroxylation is 1. The standard InChI is InChI=1S/C15H26N4O3S/c1-12(2)23(20,21)16-7-10-22-15-11-14(17-13(3)18-15)19-8-5-4-6-9-19/h11-12,16H,4-10H2,1-3H3. The average Bonchev–Trinajstić information content (AvgIpc) is 2.52. The van der Waals surface area contributed by atoms with Crippen LogP contribution in [-0.2, 0) is 10.0 Å². The second-order valence-electron chi connectivity index (χ2n) is 6.00. The molecule has 1 aromatic rings. The van der Waals surface area contributed by atoms with Gasteiger partial charge in [0.05, 0.1) is 5.25 Å². The van der Waals surface area contributed by atoms with E-state index in [0.717, 1.165) is 18.9 Å². The molecule has 1 fully saturated rings. The fourth-order valence-corrected chi connectivity index (χ4v) is 3.09. The molecule has 23 heavy (non-hydrogen) atoms. The Bertz CT molecular complexity index is 613. The van der Waals surface area contributed by atoms with Crippen LogP contribution in [0.15, 0.2) is 6.07 Å². The average molecular weight is 342 g/mol. The third kappa shape index (κ3) is 5.31. The molecule has 8 heteroatoms. The zero-order valence-electron chi connectivity index (χ0n) is 14.1. The van der Waals surface area contributed by atoms with Crippen LogP contribution in [0.5, 0.6) is 5.88 Å². The predicted octanol–water partition coefficient (Wildman–Crippen LogP) is 1.48. The molecule has 0 saturated carbocycles. The maximum atomic E-state index is 11.7. The molecule has 1 saturated heterocycles. The number of ether oxygens (including phenoxy) is 1. The molecule has 0 atom stereocenters. The molecule has 0 radical (unpaired) electrons. The summed E-state index contributed by atoms with van der Waals surface area (Å²) in [5.74, 6) is 2.03. The molecule has 1 aliphatic rings. The highest BCUT2D eigenvalue weighted by Crippen LogP contribution is 2.21. The largest absolute Gasteiger partial charge is 0.476 e. The van der Waals surface area contributed by atoms with E-state index in [1.165, 1.54) is 19.3 Å². The molecule has 0 aromatic carbocycles. The van der Waals surface area contributed by atoms with Gasteiger partial charge >= 0.3 is 0 Å². The van der Waals surface area contributed by atoms with Crippen molar-refractivity contribution in [2.75, 3.05) is 31.1 Å². The molecule has 0 unspecified atom stereocenters. The van der Waals surface area contributed by atoms with Crippen molar-refractivity contribution < 1.29 is 13.2 Å². The molecular formula is C15H26N4O3S. The Kier molecular flexibility index (Phi) is 6.17. The second-order valence-corrected chi connectivity index (χ2v) is 8.32. The van der Waals surface area contributed by atoms with Crippen LogP contribution in [0.25, 0.3) is 0 Å². The van der Waals surface area contributed by atoms with E-state index in [1.807, 2.05) is 13.0 Å². The van der Waals surface area contributed by atoms with Crippen molar-refractivity contribution in [2.24, 2.45) is 0 Å². The van der Waals surface area contributed by atoms with E-state index in [-0.39, 0.29) is 13.2 Å². The van der Waals surface area contributed by atoms with Crippen LogP contribution < -0.4 is 14.4 Å². The molecule has 1 aliphatic heterocycles. The summed E-state index contributed by atoms with van der Waals surface area (Å²) in [7, 11) is -3.26. The van der Waals surface area contributed by atoms with Gasteiger partial charge in [-0.1, -0.05) is 0 Å². The molecule has 1 N–H and O–H groups in total. The first kappa shape index (κ1) is 17.9. The lowest BCUT2D eigenvalue weighted by Crippen LogP contribution is -2.34. The highest BCUT2D eigenvalue weighted by Gasteiger charge is 2.16. The van der Waals surface area contributed by atoms with E-state index in [0.29, 0.717) is 11.7 Å². The summed E-state index contributed by atoms with van der Waals surface area (Å²) in [5, 5.41) is -0.450. The lowest BCUT2D eigenvalue weighted by Gasteiger charge is -2.28. The number of nitrogens with one attached hydrogen (secondary N) is 1. The minimum Gasteiger partial charge on any atom is -0.476 e. The highest BCUT2D eigenvalue weighted by atomic mass is 32.2. The monoisotopic (exact) mass is 342 g/mol. The maximum absolute atomic E-state index is 11.7. The number of hydrogen-bond donors (Lipinski definition) is 1. The molecule has 0 amide bonds. The number of aromatic nitrogens is 2. The Morgan fingerprint density at radius 1 is 1.26 bits per heavy atom. The topological polar surface area (TPSA) is 84.4 Å². The number of piperidine rings is 1. The molecule has 130 valence electrons. The predicted molar refractivity (Wildman–Crippen MR) is 90.4 cm³/mol. The molecule has 2 heterocycles. The first-order valence-electron chi connectivity index (χ1n) is 8.10. The number of hydrogen-bond acceptors (Lipinski definition) is 6. The number of anilines is 1. The van der Waals surface area contributed by atoms with Gasteiger partial charge < -0.3 is 9.64 Å². The van der Waals surface area contributed by atoms with Crippen molar-refractivity contribution in [1.29, 1.82) is 0 Å². The third-order valence-electron chi connectivity index (χ3n) is 3.76. The summed E-state index contributed by atoms with van der Waals surface area (Å²) >= 11 is 0. The quantitative estimate of drug-likeness (QED) is 0.756. The Labute approximate surface area is 138 Å². The molecule has 7 nitrogen and oxygen atoms in total. The molecule has 1 aromatic heterocycles. The van der Waals surface area contributed by atoms with Crippen LogP contribution in [-0.4, -0.2) is 49.9 Å². The maximum Gasteiger partial charge on any atom is 0.218 e. The summed E-state index contributed by atoms with van der Waals surface area (Å²) < 4.78 is 31.4. The van der Waals surface area contributed by atoms with Crippen LogP contribution in [0.1, 0.15) is 38.9 Å². The summed E-state index contributed by atoms with van der Waals surface area (Å²) in [4.78, 5) is 11.0. The molecule has 2 rings (SSSR count). The summed E-state index contributed by atoms with van der Waals surface area (Å²) in [5.41, 5.74) is 0. The molecule has 0 spiro atoms. The van der Waals surface area contributed by atoms with Crippen LogP contribution in [0.4, 0.5) is 5.82 Å². The minimum atomic E-state index is -3.26. The Balaban J connectivity index is 1.91. The summed E-state index contributed by atoms with van der Waals surface area (Å²) in [6.07, 6.45) is 3.62. The van der Waals surface area contributed by atoms with Crippen molar-refractivity contribution in [3.8, 4) is 5.88 Å². The van der Waals surface area contributed by atoms with Gasteiger partial charge in [0.15, 0.2) is 0 Å². The van der Waals surface area contributed by atoms with Gasteiger partial charge in [-0.15, -0.1) is 0 Å². The van der Waals surface area contributed by atoms with Gasteiger partial charge in [0.25, 0.3) is 0 Å². The zero-order valence-corrected chi connectivity index (χ0v) is 14.9. The van der Waals surface area contributed by atoms with Gasteiger partial charge in [-0.2, -0.15) is 4.98 Å². The van der Waals surface area contributed by atoms with E-state index in [2.05, 4.69) is 19.6 Å². The van der Waals surface area contributed by atoms with Crippen LogP contribution in [0.3, 0.4) is 0 Å². The van der Waals surface area contributed by atoms with Crippen LogP contribution in [0.2, 0.25) is 0 Å². The fourth-order valence-electron chi connectivity index (χ4n) is 2.39. The lowest BCUT2D eigenvalue weighted by atomic mass is 10.1. The van der Waals surface area contributed by atoms with Gasteiger partial charge in [-0.25, -0.2) is 18.1 Å². The summed E-state index contributed by atoms with van der Waals surface area (Å²) in [6.45, 7) is 7.59. The second kappa shape index (κ2) is 7.92. The van der Waals surface area contributed by atoms with Gasteiger partial charge in [0.2, 0.25) is 15.9 Å². The minimum absolute atomic E-state index is 0.225. The number of sulfonamides is 1. The van der Waals surface area contributed by atoms with Gasteiger partial charge in [0, 0.05) is 25.7 Å². The normalized spacial score (nSPS) is 15.9. The van der Waals surface area contributed by atoms with E-state index in [9.17, 15) is 8.42 Å². The Morgan fingerprint density at radius 3 is 2.61 bits per heavy atom. The zero-order chi connectivity index (χ0) is 16.9. The van der Waals surface area contributed by atoms with Crippen molar-refractivity contribution >= 4 is 15.8 Å². The first-order valence-corrected chi connectivity index (χ1v) is 9.65. The number of rotatable bonds is 7. The number of nitrogens with zero attached hydrogens (tertiary/aromatic N) is 3. The molecule has 0 aliphatic carbocycles. The van der Waals surface area contributed by atoms with Crippen LogP contribution >= 0.6 is 0 Å². The van der Waals surface area contributed by atoms with E-state index >= 15 is 0 Å². The van der Waals surface area contributed by atoms with Gasteiger partial charge in [0.1, 0.15) is 18.2 Å². The Morgan fingerprint density at radius 2 is 1.96 bits per heavy atom.